The van der Waals surface area contributed by atoms with Crippen molar-refractivity contribution in [2.75, 3.05) is 43.4 Å². The SMILES string of the molecule is CCCCN1CCN(c2ncccc2N)CC1. The van der Waals surface area contributed by atoms with Gasteiger partial charge in [-0.3, -0.25) is 4.90 Å². The van der Waals surface area contributed by atoms with Crippen LogP contribution >= 0.6 is 0 Å². The molecule has 1 aromatic heterocycles. The van der Waals surface area contributed by atoms with Crippen LogP contribution in [0.2, 0.25) is 0 Å². The van der Waals surface area contributed by atoms with Crippen molar-refractivity contribution < 1.29 is 0 Å². The molecule has 1 aliphatic rings. The van der Waals surface area contributed by atoms with Crippen LogP contribution in [0.5, 0.6) is 0 Å². The van der Waals surface area contributed by atoms with Gasteiger partial charge in [-0.25, -0.2) is 4.98 Å². The molecule has 1 fully saturated rings. The summed E-state index contributed by atoms with van der Waals surface area (Å²) in [4.78, 5) is 9.19. The fraction of sp³-hybridized carbons (Fsp3) is 0.615. The number of unbranched alkanes of at least 4 members (excludes halogenated alkanes) is 1. The molecule has 0 atom stereocenters. The van der Waals surface area contributed by atoms with E-state index in [1.807, 2.05) is 18.3 Å². The molecule has 1 saturated heterocycles. The van der Waals surface area contributed by atoms with Gasteiger partial charge in [-0.05, 0) is 25.1 Å². The monoisotopic (exact) mass is 234 g/mol. The first-order valence-corrected chi connectivity index (χ1v) is 6.49. The van der Waals surface area contributed by atoms with Crippen LogP contribution in [0.3, 0.4) is 0 Å². The third-order valence-electron chi connectivity index (χ3n) is 3.32. The van der Waals surface area contributed by atoms with Gasteiger partial charge in [-0.2, -0.15) is 0 Å². The van der Waals surface area contributed by atoms with Gasteiger partial charge in [0.05, 0.1) is 5.69 Å². The van der Waals surface area contributed by atoms with Gasteiger partial charge in [-0.1, -0.05) is 13.3 Å². The third kappa shape index (κ3) is 3.09. The van der Waals surface area contributed by atoms with E-state index in [1.54, 1.807) is 0 Å². The second-order valence-electron chi connectivity index (χ2n) is 4.60. The minimum absolute atomic E-state index is 0.787. The zero-order valence-electron chi connectivity index (χ0n) is 10.6. The average Bonchev–Trinajstić information content (AvgIpc) is 2.38. The summed E-state index contributed by atoms with van der Waals surface area (Å²) in [5.74, 6) is 0.947. The zero-order valence-corrected chi connectivity index (χ0v) is 10.6. The third-order valence-corrected chi connectivity index (χ3v) is 3.32. The topological polar surface area (TPSA) is 45.4 Å². The van der Waals surface area contributed by atoms with Gasteiger partial charge in [0.25, 0.3) is 0 Å². The van der Waals surface area contributed by atoms with Gasteiger partial charge in [0, 0.05) is 32.4 Å². The molecule has 2 rings (SSSR count). The van der Waals surface area contributed by atoms with Crippen molar-refractivity contribution in [2.45, 2.75) is 19.8 Å². The summed E-state index contributed by atoms with van der Waals surface area (Å²) in [6.45, 7) is 7.77. The van der Waals surface area contributed by atoms with Crippen LogP contribution in [-0.2, 0) is 0 Å². The highest BCUT2D eigenvalue weighted by atomic mass is 15.3. The van der Waals surface area contributed by atoms with E-state index in [4.69, 9.17) is 5.73 Å². The number of nitrogen functional groups attached to an aromatic ring is 1. The van der Waals surface area contributed by atoms with Gasteiger partial charge in [0.15, 0.2) is 5.82 Å². The molecule has 0 spiro atoms. The average molecular weight is 234 g/mol. The lowest BCUT2D eigenvalue weighted by molar-refractivity contribution is 0.254. The van der Waals surface area contributed by atoms with E-state index in [-0.39, 0.29) is 0 Å². The molecular formula is C13H22N4. The summed E-state index contributed by atoms with van der Waals surface area (Å²) < 4.78 is 0. The maximum absolute atomic E-state index is 5.95. The van der Waals surface area contributed by atoms with Crippen LogP contribution < -0.4 is 10.6 Å². The van der Waals surface area contributed by atoms with Crippen LogP contribution in [0, 0.1) is 0 Å². The summed E-state index contributed by atoms with van der Waals surface area (Å²) in [7, 11) is 0. The summed E-state index contributed by atoms with van der Waals surface area (Å²) >= 11 is 0. The lowest BCUT2D eigenvalue weighted by Gasteiger charge is -2.35. The van der Waals surface area contributed by atoms with Crippen molar-refractivity contribution >= 4 is 11.5 Å². The normalized spacial score (nSPS) is 17.4. The van der Waals surface area contributed by atoms with Crippen LogP contribution in [0.4, 0.5) is 11.5 Å². The Kier molecular flexibility index (Phi) is 4.20. The molecule has 0 bridgehead atoms. The maximum Gasteiger partial charge on any atom is 0.151 e. The molecule has 0 unspecified atom stereocenters. The van der Waals surface area contributed by atoms with Gasteiger partial charge in [0.2, 0.25) is 0 Å². The van der Waals surface area contributed by atoms with E-state index in [2.05, 4.69) is 21.7 Å². The number of aromatic nitrogens is 1. The number of hydrogen-bond acceptors (Lipinski definition) is 4. The fourth-order valence-electron chi connectivity index (χ4n) is 2.24. The number of pyridine rings is 1. The molecule has 0 aliphatic carbocycles. The Labute approximate surface area is 103 Å². The van der Waals surface area contributed by atoms with E-state index in [1.165, 1.54) is 19.4 Å². The summed E-state index contributed by atoms with van der Waals surface area (Å²) in [5, 5.41) is 0. The Hall–Kier alpha value is -1.29. The van der Waals surface area contributed by atoms with Crippen molar-refractivity contribution in [1.82, 2.24) is 9.88 Å². The van der Waals surface area contributed by atoms with E-state index in [0.717, 1.165) is 37.7 Å². The predicted molar refractivity (Wildman–Crippen MR) is 72.2 cm³/mol. The van der Waals surface area contributed by atoms with Crippen molar-refractivity contribution in [1.29, 1.82) is 0 Å². The molecular weight excluding hydrogens is 212 g/mol. The lowest BCUT2D eigenvalue weighted by atomic mass is 10.2. The molecule has 1 aliphatic heterocycles. The summed E-state index contributed by atoms with van der Waals surface area (Å²) in [6.07, 6.45) is 4.38. The molecule has 94 valence electrons. The summed E-state index contributed by atoms with van der Waals surface area (Å²) in [5.41, 5.74) is 6.74. The Morgan fingerprint density at radius 1 is 1.29 bits per heavy atom. The highest BCUT2D eigenvalue weighted by molar-refractivity contribution is 5.62. The van der Waals surface area contributed by atoms with Gasteiger partial charge in [-0.15, -0.1) is 0 Å². The smallest absolute Gasteiger partial charge is 0.151 e. The molecule has 0 aromatic carbocycles. The van der Waals surface area contributed by atoms with Crippen molar-refractivity contribution in [3.05, 3.63) is 18.3 Å². The predicted octanol–water partition coefficient (Wildman–Crippen LogP) is 1.59. The Balaban J connectivity index is 1.89. The van der Waals surface area contributed by atoms with Crippen LogP contribution in [0.15, 0.2) is 18.3 Å². The second kappa shape index (κ2) is 5.87. The minimum atomic E-state index is 0.787. The maximum atomic E-state index is 5.95. The first kappa shape index (κ1) is 12.2. The standard InChI is InChI=1S/C13H22N4/c1-2-3-7-16-8-10-17(11-9-16)13-12(14)5-4-6-15-13/h4-6H,2-3,7-11,14H2,1H3. The fourth-order valence-corrected chi connectivity index (χ4v) is 2.24. The van der Waals surface area contributed by atoms with E-state index < -0.39 is 0 Å². The summed E-state index contributed by atoms with van der Waals surface area (Å²) in [6, 6.07) is 3.81. The Morgan fingerprint density at radius 2 is 2.06 bits per heavy atom. The van der Waals surface area contributed by atoms with Crippen molar-refractivity contribution in [3.63, 3.8) is 0 Å². The molecule has 0 radical (unpaired) electrons. The first-order chi connectivity index (χ1) is 8.31. The Bertz CT molecular complexity index is 345. The molecule has 1 aromatic rings. The number of rotatable bonds is 4. The molecule has 2 N–H and O–H groups in total. The molecule has 0 saturated carbocycles. The van der Waals surface area contributed by atoms with Crippen LogP contribution in [0.25, 0.3) is 0 Å². The molecule has 0 amide bonds. The van der Waals surface area contributed by atoms with Crippen LogP contribution in [0.1, 0.15) is 19.8 Å². The quantitative estimate of drug-likeness (QED) is 0.859. The second-order valence-corrected chi connectivity index (χ2v) is 4.60. The van der Waals surface area contributed by atoms with E-state index in [9.17, 15) is 0 Å². The van der Waals surface area contributed by atoms with Gasteiger partial charge < -0.3 is 10.6 Å². The largest absolute Gasteiger partial charge is 0.396 e. The number of nitrogens with two attached hydrogens (primary N) is 1. The molecule has 17 heavy (non-hydrogen) atoms. The molecule has 4 heteroatoms. The number of nitrogens with zero attached hydrogens (tertiary/aromatic N) is 3. The van der Waals surface area contributed by atoms with Crippen LogP contribution in [-0.4, -0.2) is 42.6 Å². The highest BCUT2D eigenvalue weighted by Gasteiger charge is 2.18. The molecule has 4 nitrogen and oxygen atoms in total. The van der Waals surface area contributed by atoms with E-state index >= 15 is 0 Å². The first-order valence-electron chi connectivity index (χ1n) is 6.49. The number of hydrogen-bond donors (Lipinski definition) is 1. The van der Waals surface area contributed by atoms with Crippen molar-refractivity contribution in [2.24, 2.45) is 0 Å². The molecule has 2 heterocycles. The zero-order chi connectivity index (χ0) is 12.1. The lowest BCUT2D eigenvalue weighted by Crippen LogP contribution is -2.47. The van der Waals surface area contributed by atoms with Crippen molar-refractivity contribution in [3.8, 4) is 0 Å². The minimum Gasteiger partial charge on any atom is -0.396 e. The van der Waals surface area contributed by atoms with Gasteiger partial charge in [0.1, 0.15) is 0 Å². The number of piperazine rings is 1. The number of anilines is 2. The Morgan fingerprint density at radius 3 is 2.71 bits per heavy atom. The highest BCUT2D eigenvalue weighted by Crippen LogP contribution is 2.20. The van der Waals surface area contributed by atoms with Gasteiger partial charge >= 0.3 is 0 Å². The van der Waals surface area contributed by atoms with E-state index in [0.29, 0.717) is 0 Å².